The van der Waals surface area contributed by atoms with Crippen LogP contribution in [0.15, 0.2) is 24.3 Å². The molecule has 1 aromatic heterocycles. The second-order valence-corrected chi connectivity index (χ2v) is 8.31. The van der Waals surface area contributed by atoms with Crippen LogP contribution in [0, 0.1) is 10.1 Å². The molecule has 1 aliphatic rings. The van der Waals surface area contributed by atoms with E-state index in [2.05, 4.69) is 15.5 Å². The summed E-state index contributed by atoms with van der Waals surface area (Å²) in [6.45, 7) is 9.29. The smallest absolute Gasteiger partial charge is 0.411 e. The number of nitro benzene ring substituents is 1. The van der Waals surface area contributed by atoms with Gasteiger partial charge in [-0.1, -0.05) is 6.07 Å². The molecule has 0 unspecified atom stereocenters. The fourth-order valence-electron chi connectivity index (χ4n) is 3.17. The molecule has 0 fully saturated rings. The lowest BCUT2D eigenvalue weighted by molar-refractivity contribution is -0.384. The summed E-state index contributed by atoms with van der Waals surface area (Å²) in [5, 5.41) is 20.6. The van der Waals surface area contributed by atoms with E-state index in [1.807, 2.05) is 13.8 Å². The average molecular weight is 401 g/mol. The molecule has 0 spiro atoms. The molecule has 1 aliphatic heterocycles. The van der Waals surface area contributed by atoms with Crippen molar-refractivity contribution in [2.75, 3.05) is 5.32 Å². The van der Waals surface area contributed by atoms with Gasteiger partial charge in [-0.3, -0.25) is 24.9 Å². The number of H-pyrrole nitrogens is 1. The Balaban J connectivity index is 1.83. The Morgan fingerprint density at radius 3 is 2.66 bits per heavy atom. The lowest BCUT2D eigenvalue weighted by atomic mass is 10.0. The number of hydrogen-bond acceptors (Lipinski definition) is 6. The van der Waals surface area contributed by atoms with Gasteiger partial charge in [-0.15, -0.1) is 0 Å². The Labute approximate surface area is 167 Å². The average Bonchev–Trinajstić information content (AvgIpc) is 3.12. The maximum absolute atomic E-state index is 12.6. The van der Waals surface area contributed by atoms with Crippen molar-refractivity contribution in [3.8, 4) is 0 Å². The van der Waals surface area contributed by atoms with Crippen LogP contribution in [-0.2, 0) is 16.8 Å². The molecule has 0 saturated heterocycles. The number of benzene rings is 1. The first kappa shape index (κ1) is 20.3. The summed E-state index contributed by atoms with van der Waals surface area (Å²) in [6.07, 6.45) is -0.469. The Bertz CT molecular complexity index is 989. The zero-order valence-corrected chi connectivity index (χ0v) is 16.9. The van der Waals surface area contributed by atoms with Gasteiger partial charge in [0.25, 0.3) is 11.6 Å². The molecule has 29 heavy (non-hydrogen) atoms. The van der Waals surface area contributed by atoms with Gasteiger partial charge in [0, 0.05) is 23.3 Å². The molecule has 0 aliphatic carbocycles. The van der Waals surface area contributed by atoms with Gasteiger partial charge in [-0.25, -0.2) is 4.79 Å². The van der Waals surface area contributed by atoms with Gasteiger partial charge in [0.2, 0.25) is 0 Å². The fraction of sp³-hybridized carbons (Fsp3) is 0.421. The topological polar surface area (TPSA) is 130 Å². The number of non-ortho nitro benzene ring substituents is 1. The van der Waals surface area contributed by atoms with E-state index in [1.54, 1.807) is 25.7 Å². The number of ether oxygens (including phenoxy) is 1. The molecular weight excluding hydrogens is 378 g/mol. The summed E-state index contributed by atoms with van der Waals surface area (Å²) in [4.78, 5) is 37.1. The Morgan fingerprint density at radius 2 is 2.03 bits per heavy atom. The van der Waals surface area contributed by atoms with Crippen molar-refractivity contribution < 1.29 is 19.2 Å². The predicted molar refractivity (Wildman–Crippen MR) is 104 cm³/mol. The van der Waals surface area contributed by atoms with Crippen LogP contribution in [-0.4, -0.2) is 37.6 Å². The Hall–Kier alpha value is -3.43. The van der Waals surface area contributed by atoms with E-state index in [0.29, 0.717) is 11.3 Å². The highest BCUT2D eigenvalue weighted by molar-refractivity contribution is 6.04. The van der Waals surface area contributed by atoms with Crippen LogP contribution in [0.1, 0.15) is 56.2 Å². The van der Waals surface area contributed by atoms with Crippen LogP contribution in [0.4, 0.5) is 16.3 Å². The van der Waals surface area contributed by atoms with Crippen molar-refractivity contribution in [3.05, 3.63) is 51.2 Å². The van der Waals surface area contributed by atoms with Crippen molar-refractivity contribution in [2.45, 2.75) is 52.3 Å². The van der Waals surface area contributed by atoms with E-state index in [1.165, 1.54) is 24.3 Å². The molecule has 154 valence electrons. The molecule has 0 bridgehead atoms. The molecule has 2 N–H and O–H groups in total. The molecule has 0 saturated carbocycles. The fourth-order valence-corrected chi connectivity index (χ4v) is 3.17. The lowest BCUT2D eigenvalue weighted by Gasteiger charge is -2.33. The third-order valence-electron chi connectivity index (χ3n) is 4.63. The van der Waals surface area contributed by atoms with Crippen LogP contribution < -0.4 is 5.32 Å². The third kappa shape index (κ3) is 3.91. The second-order valence-electron chi connectivity index (χ2n) is 8.31. The highest BCUT2D eigenvalue weighted by atomic mass is 16.6. The highest BCUT2D eigenvalue weighted by Crippen LogP contribution is 2.41. The number of carbonyl (C=O) groups is 2. The minimum Gasteiger partial charge on any atom is -0.444 e. The molecule has 2 aromatic rings. The summed E-state index contributed by atoms with van der Waals surface area (Å²) in [5.74, 6) is -0.257. The molecule has 2 heterocycles. The number of aromatic nitrogens is 2. The van der Waals surface area contributed by atoms with E-state index in [-0.39, 0.29) is 23.6 Å². The van der Waals surface area contributed by atoms with E-state index in [0.717, 1.165) is 0 Å². The number of nitrogens with one attached hydrogen (secondary N) is 2. The third-order valence-corrected chi connectivity index (χ3v) is 4.63. The standard InChI is InChI=1S/C19H23N5O5/c1-18(2,3)29-17(26)23-10-13-14(19(23,4)5)21-22-15(13)20-16(25)11-7-6-8-12(9-11)24(27)28/h6-9H,10H2,1-5H3,(H2,20,21,22,25). The van der Waals surface area contributed by atoms with Gasteiger partial charge in [-0.05, 0) is 40.7 Å². The monoisotopic (exact) mass is 401 g/mol. The zero-order chi connectivity index (χ0) is 21.6. The van der Waals surface area contributed by atoms with Crippen molar-refractivity contribution in [1.29, 1.82) is 0 Å². The highest BCUT2D eigenvalue weighted by Gasteiger charge is 2.45. The maximum atomic E-state index is 12.6. The number of amides is 2. The van der Waals surface area contributed by atoms with Crippen LogP contribution in [0.25, 0.3) is 0 Å². The van der Waals surface area contributed by atoms with E-state index in [4.69, 9.17) is 4.74 Å². The van der Waals surface area contributed by atoms with Gasteiger partial charge in [0.1, 0.15) is 5.60 Å². The molecule has 3 rings (SSSR count). The van der Waals surface area contributed by atoms with Crippen molar-refractivity contribution in [1.82, 2.24) is 15.1 Å². The second kappa shape index (κ2) is 6.87. The van der Waals surface area contributed by atoms with Crippen molar-refractivity contribution in [2.24, 2.45) is 0 Å². The Kier molecular flexibility index (Phi) is 4.81. The molecule has 10 heteroatoms. The van der Waals surface area contributed by atoms with Crippen LogP contribution in [0.5, 0.6) is 0 Å². The largest absolute Gasteiger partial charge is 0.444 e. The number of fused-ring (bicyclic) bond motifs is 1. The molecule has 10 nitrogen and oxygen atoms in total. The van der Waals surface area contributed by atoms with Crippen molar-refractivity contribution >= 4 is 23.5 Å². The number of aromatic amines is 1. The van der Waals surface area contributed by atoms with Crippen LogP contribution in [0.3, 0.4) is 0 Å². The molecule has 2 amide bonds. The lowest BCUT2D eigenvalue weighted by Crippen LogP contribution is -2.43. The minimum absolute atomic E-state index is 0.136. The quantitative estimate of drug-likeness (QED) is 0.597. The van der Waals surface area contributed by atoms with E-state index < -0.39 is 28.1 Å². The van der Waals surface area contributed by atoms with Gasteiger partial charge in [0.05, 0.1) is 22.7 Å². The van der Waals surface area contributed by atoms with Crippen LogP contribution >= 0.6 is 0 Å². The molecule has 0 atom stereocenters. The van der Waals surface area contributed by atoms with E-state index >= 15 is 0 Å². The summed E-state index contributed by atoms with van der Waals surface area (Å²) < 4.78 is 5.49. The van der Waals surface area contributed by atoms with Crippen molar-refractivity contribution in [3.63, 3.8) is 0 Å². The van der Waals surface area contributed by atoms with Gasteiger partial charge >= 0.3 is 6.09 Å². The van der Waals surface area contributed by atoms with Gasteiger partial charge < -0.3 is 10.1 Å². The molecular formula is C19H23N5O5. The molecule has 1 aromatic carbocycles. The van der Waals surface area contributed by atoms with E-state index in [9.17, 15) is 19.7 Å². The summed E-state index contributed by atoms with van der Waals surface area (Å²) in [6, 6.07) is 5.42. The number of carbonyl (C=O) groups excluding carboxylic acids is 2. The zero-order valence-electron chi connectivity index (χ0n) is 16.9. The van der Waals surface area contributed by atoms with Gasteiger partial charge in [-0.2, -0.15) is 5.10 Å². The van der Waals surface area contributed by atoms with Crippen LogP contribution in [0.2, 0.25) is 0 Å². The van der Waals surface area contributed by atoms with Gasteiger partial charge in [0.15, 0.2) is 5.82 Å². The number of hydrogen-bond donors (Lipinski definition) is 2. The first-order valence-electron chi connectivity index (χ1n) is 9.04. The maximum Gasteiger partial charge on any atom is 0.411 e. The summed E-state index contributed by atoms with van der Waals surface area (Å²) in [5.41, 5.74) is -0.0309. The number of anilines is 1. The summed E-state index contributed by atoms with van der Waals surface area (Å²) in [7, 11) is 0. The minimum atomic E-state index is -0.709. The normalized spacial score (nSPS) is 15.0. The SMILES string of the molecule is CC(C)(C)OC(=O)N1Cc2c(NC(=O)c3cccc([N+](=O)[O-])c3)n[nH]c2C1(C)C. The number of rotatable bonds is 3. The molecule has 0 radical (unpaired) electrons. The first-order valence-corrected chi connectivity index (χ1v) is 9.04. The Morgan fingerprint density at radius 1 is 1.34 bits per heavy atom. The summed E-state index contributed by atoms with van der Waals surface area (Å²) >= 11 is 0. The number of nitrogens with zero attached hydrogens (tertiary/aromatic N) is 3. The predicted octanol–water partition coefficient (Wildman–Crippen LogP) is 3.56. The number of nitro groups is 1. The first-order chi connectivity index (χ1) is 13.4.